The molecule has 5 heterocycles. The minimum Gasteiger partial charge on any atom is -0.481 e. The lowest BCUT2D eigenvalue weighted by Gasteiger charge is -2.54. The third-order valence-corrected chi connectivity index (χ3v) is 10.6. The SMILES string of the molecule is C=CC(=O)N1CC2(CCN(c3nc(OC4CCN(CCOC)CC4)nc4c(OCC(F)(F)F)c(-c5c(C)ccc6[nH]ncc56)c(C)cc34)CC2)C1. The number of ether oxygens (including phenoxy) is 3. The van der Waals surface area contributed by atoms with Crippen LogP contribution >= 0.6 is 0 Å². The van der Waals surface area contributed by atoms with E-state index in [1.54, 1.807) is 13.3 Å². The zero-order valence-electron chi connectivity index (χ0n) is 29.3. The summed E-state index contributed by atoms with van der Waals surface area (Å²) < 4.78 is 59.2. The van der Waals surface area contributed by atoms with Gasteiger partial charge in [-0.05, 0) is 74.4 Å². The number of piperidine rings is 2. The number of likely N-dealkylation sites (tertiary alicyclic amines) is 2. The second-order valence-electron chi connectivity index (χ2n) is 14.2. The fourth-order valence-corrected chi connectivity index (χ4v) is 7.86. The van der Waals surface area contributed by atoms with Crippen LogP contribution in [0, 0.1) is 19.3 Å². The molecule has 3 aliphatic rings. The largest absolute Gasteiger partial charge is 0.481 e. The molecule has 2 aromatic carbocycles. The number of hydrogen-bond donors (Lipinski definition) is 1. The highest BCUT2D eigenvalue weighted by Gasteiger charge is 2.46. The van der Waals surface area contributed by atoms with E-state index >= 15 is 0 Å². The molecule has 0 radical (unpaired) electrons. The number of aryl methyl sites for hydroxylation is 2. The first-order valence-electron chi connectivity index (χ1n) is 17.5. The van der Waals surface area contributed by atoms with Crippen LogP contribution in [0.1, 0.15) is 36.8 Å². The quantitative estimate of drug-likeness (QED) is 0.204. The van der Waals surface area contributed by atoms with Crippen molar-refractivity contribution in [3.63, 3.8) is 0 Å². The summed E-state index contributed by atoms with van der Waals surface area (Å²) in [7, 11) is 1.69. The molecule has 272 valence electrons. The Kier molecular flexibility index (Phi) is 9.57. The smallest absolute Gasteiger partial charge is 0.422 e. The molecule has 3 aliphatic heterocycles. The van der Waals surface area contributed by atoms with Crippen LogP contribution < -0.4 is 14.4 Å². The molecule has 2 aromatic heterocycles. The highest BCUT2D eigenvalue weighted by Crippen LogP contribution is 2.47. The fraction of sp³-hybridized carbons (Fsp3) is 0.514. The molecule has 14 heteroatoms. The number of amides is 1. The number of carbonyl (C=O) groups excluding carboxylic acids is 1. The number of nitrogens with one attached hydrogen (secondary N) is 1. The third kappa shape index (κ3) is 7.08. The van der Waals surface area contributed by atoms with Crippen molar-refractivity contribution in [3.8, 4) is 22.9 Å². The van der Waals surface area contributed by atoms with Gasteiger partial charge in [0, 0.05) is 74.7 Å². The topological polar surface area (TPSA) is 109 Å². The van der Waals surface area contributed by atoms with E-state index in [0.29, 0.717) is 49.6 Å². The summed E-state index contributed by atoms with van der Waals surface area (Å²) in [6.45, 7) is 11.8. The van der Waals surface area contributed by atoms with E-state index in [-0.39, 0.29) is 34.7 Å². The molecule has 1 amide bonds. The first-order valence-corrected chi connectivity index (χ1v) is 17.5. The van der Waals surface area contributed by atoms with E-state index in [2.05, 4.69) is 26.6 Å². The predicted octanol–water partition coefficient (Wildman–Crippen LogP) is 5.84. The normalized spacial score (nSPS) is 18.4. The minimum absolute atomic E-state index is 0.0268. The number of alkyl halides is 3. The number of hydrogen-bond acceptors (Lipinski definition) is 9. The Morgan fingerprint density at radius 2 is 1.80 bits per heavy atom. The summed E-state index contributed by atoms with van der Waals surface area (Å²) in [5.41, 5.74) is 3.89. The van der Waals surface area contributed by atoms with Crippen LogP contribution in [-0.4, -0.2) is 114 Å². The van der Waals surface area contributed by atoms with E-state index in [1.165, 1.54) is 6.08 Å². The molecule has 1 N–H and O–H groups in total. The maximum Gasteiger partial charge on any atom is 0.422 e. The van der Waals surface area contributed by atoms with Crippen molar-refractivity contribution in [1.82, 2.24) is 30.0 Å². The van der Waals surface area contributed by atoms with Crippen molar-refractivity contribution in [3.05, 3.63) is 48.2 Å². The Bertz CT molecular complexity index is 1920. The molecule has 0 bridgehead atoms. The van der Waals surface area contributed by atoms with Crippen LogP contribution in [0.25, 0.3) is 32.9 Å². The Labute approximate surface area is 294 Å². The summed E-state index contributed by atoms with van der Waals surface area (Å²) in [4.78, 5) is 28.3. The zero-order chi connectivity index (χ0) is 35.9. The molecular weight excluding hydrogens is 663 g/mol. The zero-order valence-corrected chi connectivity index (χ0v) is 29.3. The number of methoxy groups -OCH3 is 1. The average molecular weight is 708 g/mol. The van der Waals surface area contributed by atoms with Gasteiger partial charge in [0.25, 0.3) is 0 Å². The number of fused-ring (bicyclic) bond motifs is 2. The van der Waals surface area contributed by atoms with Gasteiger partial charge in [-0.2, -0.15) is 28.2 Å². The molecule has 0 atom stereocenters. The molecule has 7 rings (SSSR count). The van der Waals surface area contributed by atoms with Crippen LogP contribution in [-0.2, 0) is 9.53 Å². The minimum atomic E-state index is -4.58. The first kappa shape index (κ1) is 35.0. The summed E-state index contributed by atoms with van der Waals surface area (Å²) in [6, 6.07) is 5.89. The summed E-state index contributed by atoms with van der Waals surface area (Å²) in [5.74, 6) is 0.578. The van der Waals surface area contributed by atoms with Crippen molar-refractivity contribution >= 4 is 33.5 Å². The van der Waals surface area contributed by atoms with Gasteiger partial charge in [0.1, 0.15) is 17.4 Å². The lowest BCUT2D eigenvalue weighted by atomic mass is 9.72. The van der Waals surface area contributed by atoms with Crippen molar-refractivity contribution < 1.29 is 32.2 Å². The maximum absolute atomic E-state index is 13.9. The second-order valence-corrected chi connectivity index (χ2v) is 14.2. The van der Waals surface area contributed by atoms with Gasteiger partial charge in [0.2, 0.25) is 5.91 Å². The predicted molar refractivity (Wildman–Crippen MR) is 188 cm³/mol. The number of anilines is 1. The molecule has 1 spiro atoms. The van der Waals surface area contributed by atoms with E-state index in [1.807, 2.05) is 36.9 Å². The van der Waals surface area contributed by atoms with Gasteiger partial charge in [-0.3, -0.25) is 9.89 Å². The number of aromatic nitrogens is 4. The van der Waals surface area contributed by atoms with Gasteiger partial charge in [-0.1, -0.05) is 12.6 Å². The molecule has 51 heavy (non-hydrogen) atoms. The molecule has 3 saturated heterocycles. The number of halogens is 3. The van der Waals surface area contributed by atoms with Crippen molar-refractivity contribution in [2.45, 2.75) is 51.8 Å². The number of aromatic amines is 1. The summed E-state index contributed by atoms with van der Waals surface area (Å²) >= 11 is 0. The Morgan fingerprint density at radius 3 is 2.49 bits per heavy atom. The number of carbonyl (C=O) groups is 1. The van der Waals surface area contributed by atoms with E-state index in [9.17, 15) is 18.0 Å². The number of benzene rings is 2. The molecule has 0 saturated carbocycles. The van der Waals surface area contributed by atoms with Gasteiger partial charge in [0.15, 0.2) is 12.4 Å². The van der Waals surface area contributed by atoms with Crippen LogP contribution in [0.15, 0.2) is 37.1 Å². The van der Waals surface area contributed by atoms with Crippen LogP contribution in [0.4, 0.5) is 19.0 Å². The van der Waals surface area contributed by atoms with Gasteiger partial charge < -0.3 is 28.9 Å². The molecule has 11 nitrogen and oxygen atoms in total. The van der Waals surface area contributed by atoms with Crippen LogP contribution in [0.2, 0.25) is 0 Å². The first-order chi connectivity index (χ1) is 24.5. The summed E-state index contributed by atoms with van der Waals surface area (Å²) in [5, 5.41) is 8.56. The Balaban J connectivity index is 1.31. The van der Waals surface area contributed by atoms with E-state index in [0.717, 1.165) is 72.9 Å². The lowest BCUT2D eigenvalue weighted by molar-refractivity contribution is -0.153. The molecule has 0 unspecified atom stereocenters. The highest BCUT2D eigenvalue weighted by atomic mass is 19.4. The molecule has 3 fully saturated rings. The summed E-state index contributed by atoms with van der Waals surface area (Å²) in [6.07, 6.45) is 1.48. The third-order valence-electron chi connectivity index (χ3n) is 10.6. The fourth-order valence-electron chi connectivity index (χ4n) is 7.86. The number of H-pyrrole nitrogens is 1. The highest BCUT2D eigenvalue weighted by molar-refractivity contribution is 6.05. The molecule has 0 aliphatic carbocycles. The van der Waals surface area contributed by atoms with Gasteiger partial charge in [-0.25, -0.2) is 0 Å². The Hall–Kier alpha value is -4.43. The van der Waals surface area contributed by atoms with Gasteiger partial charge in [0.05, 0.1) is 18.3 Å². The van der Waals surface area contributed by atoms with Crippen molar-refractivity contribution in [2.24, 2.45) is 5.41 Å². The average Bonchev–Trinajstić information content (AvgIpc) is 3.58. The maximum atomic E-state index is 13.9. The number of nitrogens with zero attached hydrogens (tertiary/aromatic N) is 6. The number of rotatable bonds is 10. The Morgan fingerprint density at radius 1 is 1.06 bits per heavy atom. The van der Waals surface area contributed by atoms with Crippen molar-refractivity contribution in [1.29, 1.82) is 0 Å². The second kappa shape index (κ2) is 13.9. The molecular formula is C37H44F3N7O4. The molecule has 4 aromatic rings. The van der Waals surface area contributed by atoms with E-state index < -0.39 is 12.8 Å². The van der Waals surface area contributed by atoms with E-state index in [4.69, 9.17) is 24.2 Å². The standard InChI is InChI=1S/C37H44F3N7O4/c1-5-29(48)47-20-36(21-47)10-14-46(15-11-36)34-26-18-24(3)31(30-23(2)6-7-28-27(30)19-41-44-28)33(50-22-37(38,39)40)32(26)42-35(43-34)51-25-8-12-45(13-9-25)16-17-49-4/h5-7,18-19,25H,1,8-17,20-22H2,2-4H3,(H,41,44). The lowest BCUT2D eigenvalue weighted by Crippen LogP contribution is -2.61. The van der Waals surface area contributed by atoms with Crippen LogP contribution in [0.5, 0.6) is 11.8 Å². The van der Waals surface area contributed by atoms with Gasteiger partial charge in [-0.15, -0.1) is 0 Å². The van der Waals surface area contributed by atoms with Crippen molar-refractivity contribution in [2.75, 3.05) is 71.0 Å². The van der Waals surface area contributed by atoms with Crippen LogP contribution in [0.3, 0.4) is 0 Å². The van der Waals surface area contributed by atoms with Gasteiger partial charge >= 0.3 is 12.2 Å². The monoisotopic (exact) mass is 707 g/mol.